The fraction of sp³-hybridized carbons (Fsp3) is 0.300. The Hall–Kier alpha value is -2.15. The molecule has 0 aliphatic heterocycles. The van der Waals surface area contributed by atoms with Crippen LogP contribution in [0.3, 0.4) is 0 Å². The number of guanidine groups is 1. The van der Waals surface area contributed by atoms with Crippen LogP contribution in [0.1, 0.15) is 19.4 Å². The molecule has 1 rings (SSSR count). The first-order valence-corrected chi connectivity index (χ1v) is 4.95. The average Bonchev–Trinajstić information content (AvgIpc) is 2.15. The van der Waals surface area contributed by atoms with E-state index in [0.717, 1.165) is 5.56 Å². The van der Waals surface area contributed by atoms with Crippen LogP contribution in [0, 0.1) is 15.5 Å². The summed E-state index contributed by atoms with van der Waals surface area (Å²) in [7, 11) is 0. The van der Waals surface area contributed by atoms with Crippen molar-refractivity contribution in [3.63, 3.8) is 0 Å². The molecule has 0 radical (unpaired) electrons. The lowest BCUT2D eigenvalue weighted by Crippen LogP contribution is -2.34. The second-order valence-corrected chi connectivity index (χ2v) is 4.17. The van der Waals surface area contributed by atoms with Gasteiger partial charge in [-0.15, -0.1) is 0 Å². The van der Waals surface area contributed by atoms with Gasteiger partial charge in [-0.25, -0.2) is 10.1 Å². The Bertz CT molecular complexity index is 439. The van der Waals surface area contributed by atoms with E-state index in [2.05, 4.69) is 5.32 Å². The topological polar surface area (TPSA) is 117 Å². The van der Waals surface area contributed by atoms with Crippen LogP contribution in [0.25, 0.3) is 0 Å². The smallest absolute Gasteiger partial charge is 0.255 e. The molecule has 7 heteroatoms. The third-order valence-corrected chi connectivity index (χ3v) is 2.08. The summed E-state index contributed by atoms with van der Waals surface area (Å²) in [6.07, 6.45) is 0. The number of hydrogen-bond donors (Lipinski definition) is 4. The number of nitro groups is 1. The molecule has 0 spiro atoms. The Morgan fingerprint density at radius 2 is 2.18 bits per heavy atom. The monoisotopic (exact) mass is 237 g/mol. The average molecular weight is 237 g/mol. The van der Waals surface area contributed by atoms with Crippen molar-refractivity contribution < 1.29 is 5.03 Å². The van der Waals surface area contributed by atoms with E-state index in [1.165, 1.54) is 0 Å². The molecule has 0 unspecified atom stereocenters. The largest absolute Gasteiger partial charge is 0.322 e. The number of nitrogens with zero attached hydrogens (tertiary/aromatic N) is 1. The fourth-order valence-electron chi connectivity index (χ4n) is 1.26. The van der Waals surface area contributed by atoms with E-state index in [4.69, 9.17) is 11.1 Å². The number of hydrogen-bond acceptors (Lipinski definition) is 4. The lowest BCUT2D eigenvalue weighted by Gasteiger charge is -2.20. The van der Waals surface area contributed by atoms with Crippen molar-refractivity contribution in [2.45, 2.75) is 19.4 Å². The molecule has 0 aromatic heterocycles. The van der Waals surface area contributed by atoms with Crippen LogP contribution in [-0.4, -0.2) is 11.0 Å². The Morgan fingerprint density at radius 1 is 1.53 bits per heavy atom. The van der Waals surface area contributed by atoms with Gasteiger partial charge in [-0.2, -0.15) is 0 Å². The first-order chi connectivity index (χ1) is 7.79. The van der Waals surface area contributed by atoms with Crippen LogP contribution in [-0.2, 0) is 5.54 Å². The Kier molecular flexibility index (Phi) is 3.64. The van der Waals surface area contributed by atoms with Crippen molar-refractivity contribution in [1.29, 1.82) is 5.41 Å². The lowest BCUT2D eigenvalue weighted by molar-refractivity contribution is -0.525. The number of anilines is 1. The van der Waals surface area contributed by atoms with Crippen LogP contribution in [0.2, 0.25) is 0 Å². The summed E-state index contributed by atoms with van der Waals surface area (Å²) in [4.78, 5) is 10.1. The second-order valence-electron chi connectivity index (χ2n) is 4.17. The van der Waals surface area contributed by atoms with Crippen molar-refractivity contribution >= 4 is 11.6 Å². The van der Waals surface area contributed by atoms with Crippen LogP contribution in [0.4, 0.5) is 5.69 Å². The summed E-state index contributed by atoms with van der Waals surface area (Å²) >= 11 is 0. The molecule has 0 saturated heterocycles. The van der Waals surface area contributed by atoms with Crippen molar-refractivity contribution in [3.8, 4) is 0 Å². The molecule has 0 aliphatic rings. The maximum atomic E-state index is 10.1. The molecule has 0 heterocycles. The van der Waals surface area contributed by atoms with E-state index in [-0.39, 0.29) is 0 Å². The van der Waals surface area contributed by atoms with E-state index >= 15 is 0 Å². The van der Waals surface area contributed by atoms with Crippen LogP contribution >= 0.6 is 0 Å². The molecule has 0 aliphatic carbocycles. The highest BCUT2D eigenvalue weighted by Gasteiger charge is 2.14. The molecule has 0 atom stereocenters. The minimum atomic E-state index is -0.800. The van der Waals surface area contributed by atoms with Gasteiger partial charge < -0.3 is 11.1 Å². The SMILES string of the molecule is CC(C)(N)c1cccc(NC(=N)N[N+](=O)[O-])c1. The molecule has 17 heavy (non-hydrogen) atoms. The molecule has 0 saturated carbocycles. The second kappa shape index (κ2) is 4.79. The number of nitrogens with one attached hydrogen (secondary N) is 3. The first kappa shape index (κ1) is 12.9. The summed E-state index contributed by atoms with van der Waals surface area (Å²) < 4.78 is 0. The molecule has 92 valence electrons. The normalized spacial score (nSPS) is 10.8. The number of rotatable bonds is 3. The Labute approximate surface area is 98.6 Å². The van der Waals surface area contributed by atoms with Gasteiger partial charge in [0, 0.05) is 11.2 Å². The number of hydrazine groups is 1. The summed E-state index contributed by atoms with van der Waals surface area (Å²) in [5.41, 5.74) is 8.58. The highest BCUT2D eigenvalue weighted by atomic mass is 16.7. The van der Waals surface area contributed by atoms with Gasteiger partial charge >= 0.3 is 0 Å². The molecule has 1 aromatic carbocycles. The van der Waals surface area contributed by atoms with Crippen LogP contribution in [0.15, 0.2) is 24.3 Å². The number of nitrogens with two attached hydrogens (primary N) is 1. The maximum absolute atomic E-state index is 10.1. The van der Waals surface area contributed by atoms with E-state index < -0.39 is 16.5 Å². The first-order valence-electron chi connectivity index (χ1n) is 4.95. The molecule has 1 aromatic rings. The zero-order chi connectivity index (χ0) is 13.1. The summed E-state index contributed by atoms with van der Waals surface area (Å²) in [5.74, 6) is -0.401. The highest BCUT2D eigenvalue weighted by molar-refractivity contribution is 5.90. The van der Waals surface area contributed by atoms with Gasteiger partial charge in [-0.1, -0.05) is 17.6 Å². The highest BCUT2D eigenvalue weighted by Crippen LogP contribution is 2.20. The van der Waals surface area contributed by atoms with Crippen molar-refractivity contribution in [3.05, 3.63) is 39.9 Å². The third kappa shape index (κ3) is 4.07. The van der Waals surface area contributed by atoms with Crippen molar-refractivity contribution in [2.75, 3.05) is 5.32 Å². The lowest BCUT2D eigenvalue weighted by atomic mass is 9.95. The van der Waals surface area contributed by atoms with Crippen LogP contribution in [0.5, 0.6) is 0 Å². The molecule has 0 bridgehead atoms. The Balaban J connectivity index is 2.79. The molecule has 0 fully saturated rings. The summed E-state index contributed by atoms with van der Waals surface area (Å²) in [5, 5.41) is 19.2. The quantitative estimate of drug-likeness (QED) is 0.271. The molecular weight excluding hydrogens is 222 g/mol. The molecular formula is C10H15N5O2. The summed E-state index contributed by atoms with van der Waals surface area (Å²) in [6, 6.07) is 7.07. The minimum Gasteiger partial charge on any atom is -0.322 e. The van der Waals surface area contributed by atoms with Gasteiger partial charge in [0.05, 0.1) is 0 Å². The maximum Gasteiger partial charge on any atom is 0.255 e. The zero-order valence-corrected chi connectivity index (χ0v) is 9.65. The predicted octanol–water partition coefficient (Wildman–Crippen LogP) is 1.01. The van der Waals surface area contributed by atoms with Gasteiger partial charge in [0.25, 0.3) is 5.96 Å². The standard InChI is InChI=1S/C10H15N5O2/c1-10(2,12)7-4-3-5-8(6-7)13-9(11)14-15(16)17/h3-6H,12H2,1-2H3,(H3,11,13,14). The van der Waals surface area contributed by atoms with Gasteiger partial charge in [-0.3, -0.25) is 5.41 Å². The van der Waals surface area contributed by atoms with Crippen molar-refractivity contribution in [1.82, 2.24) is 5.43 Å². The van der Waals surface area contributed by atoms with Crippen LogP contribution < -0.4 is 16.5 Å². The molecule has 0 amide bonds. The van der Waals surface area contributed by atoms with Gasteiger partial charge in [0.15, 0.2) is 5.03 Å². The molecule has 7 nitrogen and oxygen atoms in total. The van der Waals surface area contributed by atoms with E-state index in [1.54, 1.807) is 23.6 Å². The number of benzene rings is 1. The van der Waals surface area contributed by atoms with E-state index in [9.17, 15) is 10.1 Å². The zero-order valence-electron chi connectivity index (χ0n) is 9.65. The Morgan fingerprint density at radius 3 is 2.71 bits per heavy atom. The molecule has 5 N–H and O–H groups in total. The van der Waals surface area contributed by atoms with E-state index in [1.807, 2.05) is 19.9 Å². The predicted molar refractivity (Wildman–Crippen MR) is 65.1 cm³/mol. The van der Waals surface area contributed by atoms with Gasteiger partial charge in [-0.05, 0) is 31.5 Å². The fourth-order valence-corrected chi connectivity index (χ4v) is 1.26. The van der Waals surface area contributed by atoms with Gasteiger partial charge in [0.2, 0.25) is 0 Å². The van der Waals surface area contributed by atoms with Crippen molar-refractivity contribution in [2.24, 2.45) is 5.73 Å². The summed E-state index contributed by atoms with van der Waals surface area (Å²) in [6.45, 7) is 3.71. The van der Waals surface area contributed by atoms with Gasteiger partial charge in [0.1, 0.15) is 0 Å². The third-order valence-electron chi connectivity index (χ3n) is 2.08. The minimum absolute atomic E-state index is 0.401. The van der Waals surface area contributed by atoms with E-state index in [0.29, 0.717) is 5.69 Å².